The van der Waals surface area contributed by atoms with Crippen LogP contribution in [-0.2, 0) is 6.42 Å². The molecule has 0 atom stereocenters. The maximum Gasteiger partial charge on any atom is 0.204 e. The van der Waals surface area contributed by atoms with Crippen molar-refractivity contribution in [1.82, 2.24) is 0 Å². The van der Waals surface area contributed by atoms with Crippen molar-refractivity contribution >= 4 is 17.0 Å². The summed E-state index contributed by atoms with van der Waals surface area (Å²) < 4.78 is 11.7. The Morgan fingerprint density at radius 3 is 2.63 bits per heavy atom. The summed E-state index contributed by atoms with van der Waals surface area (Å²) in [6.45, 7) is 8.04. The standard InChI is InChI=1S/C25H24O5/c1-14(2)5-6-15-9-16(10-21-18(15)7-8-25(3,4)30-21)19-13-29-22-12-17(26)11-20(27)23(22)24(19)28/h5,7-13,26-27H,6H2,1-4H3. The van der Waals surface area contributed by atoms with Crippen LogP contribution in [0, 0.1) is 0 Å². The van der Waals surface area contributed by atoms with Gasteiger partial charge in [0.2, 0.25) is 5.43 Å². The molecule has 3 aromatic rings. The van der Waals surface area contributed by atoms with Crippen LogP contribution in [0.4, 0.5) is 0 Å². The molecule has 1 aliphatic heterocycles. The highest BCUT2D eigenvalue weighted by molar-refractivity contribution is 5.88. The molecule has 4 rings (SSSR count). The fourth-order valence-electron chi connectivity index (χ4n) is 3.62. The number of phenols is 2. The van der Waals surface area contributed by atoms with Crippen LogP contribution in [-0.4, -0.2) is 15.8 Å². The van der Waals surface area contributed by atoms with E-state index in [9.17, 15) is 15.0 Å². The van der Waals surface area contributed by atoms with E-state index in [1.165, 1.54) is 17.9 Å². The van der Waals surface area contributed by atoms with E-state index in [1.54, 1.807) is 0 Å². The van der Waals surface area contributed by atoms with Gasteiger partial charge < -0.3 is 19.4 Å². The van der Waals surface area contributed by atoms with Crippen molar-refractivity contribution in [3.05, 3.63) is 69.6 Å². The van der Waals surface area contributed by atoms with E-state index >= 15 is 0 Å². The van der Waals surface area contributed by atoms with E-state index < -0.39 is 5.60 Å². The zero-order chi connectivity index (χ0) is 21.6. The third kappa shape index (κ3) is 3.59. The van der Waals surface area contributed by atoms with Crippen molar-refractivity contribution in [3.8, 4) is 28.4 Å². The van der Waals surface area contributed by atoms with E-state index in [0.717, 1.165) is 17.2 Å². The Morgan fingerprint density at radius 2 is 1.90 bits per heavy atom. The van der Waals surface area contributed by atoms with E-state index in [4.69, 9.17) is 9.15 Å². The highest BCUT2D eigenvalue weighted by Gasteiger charge is 2.25. The number of hydrogen-bond acceptors (Lipinski definition) is 5. The van der Waals surface area contributed by atoms with Gasteiger partial charge >= 0.3 is 0 Å². The zero-order valence-corrected chi connectivity index (χ0v) is 17.4. The summed E-state index contributed by atoms with van der Waals surface area (Å²) in [5.41, 5.74) is 3.50. The molecule has 1 aliphatic rings. The molecule has 2 heterocycles. The van der Waals surface area contributed by atoms with Crippen molar-refractivity contribution in [2.75, 3.05) is 0 Å². The summed E-state index contributed by atoms with van der Waals surface area (Å²) in [6, 6.07) is 6.23. The number of fused-ring (bicyclic) bond motifs is 2. The summed E-state index contributed by atoms with van der Waals surface area (Å²) in [5, 5.41) is 19.9. The average Bonchev–Trinajstić information content (AvgIpc) is 2.64. The average molecular weight is 404 g/mol. The third-order valence-electron chi connectivity index (χ3n) is 5.13. The zero-order valence-electron chi connectivity index (χ0n) is 17.4. The van der Waals surface area contributed by atoms with Crippen LogP contribution in [0.3, 0.4) is 0 Å². The second-order valence-electron chi connectivity index (χ2n) is 8.39. The Hall–Kier alpha value is -3.47. The number of allylic oxidation sites excluding steroid dienone is 2. The van der Waals surface area contributed by atoms with Gasteiger partial charge in [-0.05, 0) is 63.5 Å². The smallest absolute Gasteiger partial charge is 0.204 e. The fraction of sp³-hybridized carbons (Fsp3) is 0.240. The van der Waals surface area contributed by atoms with Gasteiger partial charge in [-0.1, -0.05) is 17.7 Å². The summed E-state index contributed by atoms with van der Waals surface area (Å²) in [4.78, 5) is 13.2. The number of rotatable bonds is 3. The second kappa shape index (κ2) is 7.10. The predicted molar refractivity (Wildman–Crippen MR) is 118 cm³/mol. The molecule has 5 heteroatoms. The lowest BCUT2D eigenvalue weighted by Gasteiger charge is -2.29. The van der Waals surface area contributed by atoms with Crippen LogP contribution < -0.4 is 10.2 Å². The summed E-state index contributed by atoms with van der Waals surface area (Å²) in [7, 11) is 0. The maximum absolute atomic E-state index is 13.2. The summed E-state index contributed by atoms with van der Waals surface area (Å²) in [6.07, 6.45) is 8.28. The van der Waals surface area contributed by atoms with Crippen LogP contribution >= 0.6 is 0 Å². The Bertz CT molecular complexity index is 1270. The Labute approximate surface area is 174 Å². The van der Waals surface area contributed by atoms with Gasteiger partial charge in [0.25, 0.3) is 0 Å². The van der Waals surface area contributed by atoms with Gasteiger partial charge in [-0.25, -0.2) is 0 Å². The van der Waals surface area contributed by atoms with E-state index in [0.29, 0.717) is 23.3 Å². The van der Waals surface area contributed by atoms with Crippen molar-refractivity contribution in [2.45, 2.75) is 39.7 Å². The van der Waals surface area contributed by atoms with Crippen LogP contribution in [0.15, 0.2) is 57.5 Å². The molecular formula is C25H24O5. The molecule has 0 aliphatic carbocycles. The molecule has 0 fully saturated rings. The molecule has 0 spiro atoms. The fourth-order valence-corrected chi connectivity index (χ4v) is 3.62. The quantitative estimate of drug-likeness (QED) is 0.558. The minimum atomic E-state index is -0.455. The number of aromatic hydroxyl groups is 2. The van der Waals surface area contributed by atoms with Crippen LogP contribution in [0.5, 0.6) is 17.2 Å². The van der Waals surface area contributed by atoms with Crippen LogP contribution in [0.1, 0.15) is 38.8 Å². The Morgan fingerprint density at radius 1 is 1.13 bits per heavy atom. The monoisotopic (exact) mass is 404 g/mol. The van der Waals surface area contributed by atoms with Crippen molar-refractivity contribution in [1.29, 1.82) is 0 Å². The van der Waals surface area contributed by atoms with Gasteiger partial charge in [-0.15, -0.1) is 0 Å². The highest BCUT2D eigenvalue weighted by atomic mass is 16.5. The molecule has 0 saturated carbocycles. The van der Waals surface area contributed by atoms with Gasteiger partial charge in [0.05, 0.1) is 5.56 Å². The molecule has 0 amide bonds. The number of phenolic OH excluding ortho intramolecular Hbond substituents is 2. The number of benzene rings is 2. The Balaban J connectivity index is 1.95. The predicted octanol–water partition coefficient (Wildman–Crippen LogP) is 5.56. The topological polar surface area (TPSA) is 79.9 Å². The minimum Gasteiger partial charge on any atom is -0.508 e. The van der Waals surface area contributed by atoms with Crippen molar-refractivity contribution in [2.24, 2.45) is 0 Å². The molecule has 0 bridgehead atoms. The molecule has 0 radical (unpaired) electrons. The number of hydrogen-bond donors (Lipinski definition) is 2. The molecule has 30 heavy (non-hydrogen) atoms. The van der Waals surface area contributed by atoms with Gasteiger partial charge in [0.15, 0.2) is 0 Å². The maximum atomic E-state index is 13.2. The Kier molecular flexibility index (Phi) is 4.69. The molecule has 154 valence electrons. The number of ether oxygens (including phenoxy) is 1. The highest BCUT2D eigenvalue weighted by Crippen LogP contribution is 2.38. The van der Waals surface area contributed by atoms with Crippen LogP contribution in [0.25, 0.3) is 28.2 Å². The third-order valence-corrected chi connectivity index (χ3v) is 5.13. The normalized spacial score (nSPS) is 14.3. The molecule has 2 aromatic carbocycles. The molecule has 5 nitrogen and oxygen atoms in total. The van der Waals surface area contributed by atoms with Crippen molar-refractivity contribution < 1.29 is 19.4 Å². The van der Waals surface area contributed by atoms with Gasteiger partial charge in [0.1, 0.15) is 40.1 Å². The van der Waals surface area contributed by atoms with Crippen LogP contribution in [0.2, 0.25) is 0 Å². The summed E-state index contributed by atoms with van der Waals surface area (Å²) >= 11 is 0. The minimum absolute atomic E-state index is 0.0370. The first-order valence-corrected chi connectivity index (χ1v) is 9.81. The SMILES string of the molecule is CC(C)=CCc1cc(-c2coc3cc(O)cc(O)c3c2=O)cc2c1C=CC(C)(C)O2. The first-order valence-electron chi connectivity index (χ1n) is 9.81. The van der Waals surface area contributed by atoms with E-state index in [-0.39, 0.29) is 27.9 Å². The molecule has 2 N–H and O–H groups in total. The lowest BCUT2D eigenvalue weighted by molar-refractivity contribution is 0.159. The lowest BCUT2D eigenvalue weighted by Crippen LogP contribution is -2.27. The molecular weight excluding hydrogens is 380 g/mol. The lowest BCUT2D eigenvalue weighted by atomic mass is 9.92. The van der Waals surface area contributed by atoms with E-state index in [1.807, 2.05) is 45.9 Å². The first-order chi connectivity index (χ1) is 14.1. The second-order valence-corrected chi connectivity index (χ2v) is 8.39. The molecule has 0 unspecified atom stereocenters. The van der Waals surface area contributed by atoms with Gasteiger partial charge in [0, 0.05) is 17.7 Å². The molecule has 1 aromatic heterocycles. The largest absolute Gasteiger partial charge is 0.508 e. The van der Waals surface area contributed by atoms with E-state index in [2.05, 4.69) is 12.2 Å². The molecule has 0 saturated heterocycles. The van der Waals surface area contributed by atoms with Gasteiger partial charge in [-0.3, -0.25) is 4.79 Å². The summed E-state index contributed by atoms with van der Waals surface area (Å²) in [5.74, 6) is 0.214. The van der Waals surface area contributed by atoms with Gasteiger partial charge in [-0.2, -0.15) is 0 Å². The first kappa shape index (κ1) is 19.8. The van der Waals surface area contributed by atoms with Crippen molar-refractivity contribution in [3.63, 3.8) is 0 Å².